The monoisotopic (exact) mass is 618 g/mol. The number of hydrogen-bond donors (Lipinski definition) is 0. The Morgan fingerprint density at radius 3 is 2.31 bits per heavy atom. The van der Waals surface area contributed by atoms with Crippen molar-refractivity contribution in [3.8, 4) is 17.0 Å². The second kappa shape index (κ2) is 10.4. The first-order valence-corrected chi connectivity index (χ1v) is 15.3. The number of carbonyl (C=O) groups is 4. The number of methoxy groups -OCH3 is 1. The zero-order valence-electron chi connectivity index (χ0n) is 24.2. The van der Waals surface area contributed by atoms with Crippen LogP contribution in [0.2, 0.25) is 5.02 Å². The number of fused-ring (bicyclic) bond motifs is 1. The van der Waals surface area contributed by atoms with E-state index in [9.17, 15) is 19.2 Å². The number of esters is 1. The minimum Gasteiger partial charge on any atom is -0.497 e. The van der Waals surface area contributed by atoms with Crippen LogP contribution in [0.3, 0.4) is 0 Å². The molecule has 0 N–H and O–H groups in total. The van der Waals surface area contributed by atoms with Gasteiger partial charge < -0.3 is 9.47 Å². The Balaban J connectivity index is 1.06. The molecule has 45 heavy (non-hydrogen) atoms. The lowest BCUT2D eigenvalue weighted by Gasteiger charge is -2.37. The molecule has 1 saturated heterocycles. The second-order valence-electron chi connectivity index (χ2n) is 12.2. The lowest BCUT2D eigenvalue weighted by Crippen LogP contribution is -2.40. The minimum absolute atomic E-state index is 0.114. The van der Waals surface area contributed by atoms with Crippen LogP contribution in [0.4, 0.5) is 5.69 Å². The van der Waals surface area contributed by atoms with E-state index >= 15 is 0 Å². The van der Waals surface area contributed by atoms with Crippen LogP contribution < -0.4 is 9.64 Å². The summed E-state index contributed by atoms with van der Waals surface area (Å²) < 4.78 is 10.6. The molecule has 2 heterocycles. The predicted molar refractivity (Wildman–Crippen MR) is 167 cm³/mol. The van der Waals surface area contributed by atoms with Gasteiger partial charge in [-0.05, 0) is 78.6 Å². The van der Waals surface area contributed by atoms with E-state index in [0.29, 0.717) is 56.0 Å². The fourth-order valence-corrected chi connectivity index (χ4v) is 7.77. The number of ketones is 1. The minimum atomic E-state index is -0.698. The summed E-state index contributed by atoms with van der Waals surface area (Å²) in [5.41, 5.74) is 2.77. The third kappa shape index (κ3) is 4.46. The van der Waals surface area contributed by atoms with E-state index in [2.05, 4.69) is 12.2 Å². The van der Waals surface area contributed by atoms with Crippen molar-refractivity contribution in [3.05, 3.63) is 101 Å². The number of imide groups is 1. The van der Waals surface area contributed by atoms with Gasteiger partial charge in [0.2, 0.25) is 11.8 Å². The zero-order valence-corrected chi connectivity index (χ0v) is 24.9. The van der Waals surface area contributed by atoms with Gasteiger partial charge in [0.1, 0.15) is 5.75 Å². The summed E-state index contributed by atoms with van der Waals surface area (Å²) in [6, 6.07) is 20.3. The Kier molecular flexibility index (Phi) is 6.39. The summed E-state index contributed by atoms with van der Waals surface area (Å²) in [4.78, 5) is 59.3. The Morgan fingerprint density at radius 2 is 1.62 bits per heavy atom. The number of rotatable bonds is 7. The van der Waals surface area contributed by atoms with Crippen molar-refractivity contribution in [3.63, 3.8) is 0 Å². The van der Waals surface area contributed by atoms with Crippen LogP contribution in [0, 0.1) is 35.5 Å². The average Bonchev–Trinajstić information content (AvgIpc) is 3.85. The maximum absolute atomic E-state index is 13.6. The Morgan fingerprint density at radius 1 is 0.911 bits per heavy atom. The van der Waals surface area contributed by atoms with E-state index in [1.807, 2.05) is 0 Å². The number of Topliss-reactive ketones (excluding diaryl/α,β-unsaturated/α-hetero) is 1. The van der Waals surface area contributed by atoms with Crippen molar-refractivity contribution >= 4 is 51.8 Å². The number of halogens is 1. The van der Waals surface area contributed by atoms with Crippen LogP contribution in [0.5, 0.6) is 5.75 Å². The molecular weight excluding hydrogens is 592 g/mol. The first-order valence-electron chi connectivity index (χ1n) is 14.9. The number of allylic oxidation sites excluding steroid dienone is 2. The van der Waals surface area contributed by atoms with Crippen molar-refractivity contribution < 1.29 is 28.7 Å². The van der Waals surface area contributed by atoms with Gasteiger partial charge in [0, 0.05) is 21.5 Å². The SMILES string of the molecule is COc1cccc(C(=O)COC(=O)c2cc(-c3ccc(N4C(=O)C5C6C=CC(C7CC67)C5C4=O)cc3)nc3ccc(Cl)cc23)c1. The number of pyridine rings is 1. The van der Waals surface area contributed by atoms with Crippen molar-refractivity contribution in [1.29, 1.82) is 0 Å². The van der Waals surface area contributed by atoms with Crippen LogP contribution >= 0.6 is 11.6 Å². The number of nitrogens with zero attached hydrogens (tertiary/aromatic N) is 2. The summed E-state index contributed by atoms with van der Waals surface area (Å²) in [5.74, 6) is 0.0732. The van der Waals surface area contributed by atoms with Gasteiger partial charge in [-0.1, -0.05) is 48.0 Å². The maximum Gasteiger partial charge on any atom is 0.339 e. The Hall–Kier alpha value is -4.82. The molecule has 0 spiro atoms. The van der Waals surface area contributed by atoms with Crippen LogP contribution in [-0.2, 0) is 14.3 Å². The van der Waals surface area contributed by atoms with Crippen LogP contribution in [0.1, 0.15) is 27.1 Å². The number of hydrogen-bond acceptors (Lipinski definition) is 7. The van der Waals surface area contributed by atoms with E-state index in [1.165, 1.54) is 12.0 Å². The third-order valence-electron chi connectivity index (χ3n) is 9.80. The summed E-state index contributed by atoms with van der Waals surface area (Å²) in [6.07, 6.45) is 5.44. The number of amides is 2. The van der Waals surface area contributed by atoms with Gasteiger partial charge in [-0.15, -0.1) is 0 Å². The topological polar surface area (TPSA) is 103 Å². The Bertz CT molecular complexity index is 1930. The van der Waals surface area contributed by atoms with E-state index < -0.39 is 12.6 Å². The van der Waals surface area contributed by atoms with Gasteiger partial charge in [0.25, 0.3) is 0 Å². The number of aromatic nitrogens is 1. The summed E-state index contributed by atoms with van der Waals surface area (Å²) in [6.45, 7) is -0.459. The fourth-order valence-electron chi connectivity index (χ4n) is 7.60. The molecule has 9 heteroatoms. The lowest BCUT2D eigenvalue weighted by molar-refractivity contribution is -0.124. The standard InChI is InChI=1S/C36H27ClN2O6/c1-44-22-4-2-3-19(13-22)31(40)17-45-36(43)28-16-30(38-29-12-7-20(37)14-27(28)29)18-5-8-21(9-6-18)39-34(41)32-23-10-11-24(26-15-25(23)26)33(32)35(39)42/h2-14,16,23-26,32-33H,15,17H2,1H3. The van der Waals surface area contributed by atoms with E-state index in [-0.39, 0.29) is 46.8 Å². The summed E-state index contributed by atoms with van der Waals surface area (Å²) in [5, 5.41) is 0.906. The molecule has 2 bridgehead atoms. The average molecular weight is 619 g/mol. The van der Waals surface area contributed by atoms with Crippen LogP contribution in [0.15, 0.2) is 84.9 Å². The summed E-state index contributed by atoms with van der Waals surface area (Å²) >= 11 is 6.26. The highest BCUT2D eigenvalue weighted by Gasteiger charge is 2.67. The normalized spacial score (nSPS) is 25.7. The molecule has 4 aliphatic carbocycles. The number of ether oxygens (including phenoxy) is 2. The lowest BCUT2D eigenvalue weighted by atomic mass is 9.63. The van der Waals surface area contributed by atoms with Gasteiger partial charge >= 0.3 is 5.97 Å². The summed E-state index contributed by atoms with van der Waals surface area (Å²) in [7, 11) is 1.51. The molecule has 6 atom stereocenters. The maximum atomic E-state index is 13.6. The molecule has 224 valence electrons. The molecule has 5 aliphatic rings. The first kappa shape index (κ1) is 27.7. The molecular formula is C36H27ClN2O6. The quantitative estimate of drug-likeness (QED) is 0.106. The molecule has 8 nitrogen and oxygen atoms in total. The smallest absolute Gasteiger partial charge is 0.339 e. The first-order chi connectivity index (χ1) is 21.8. The fraction of sp³-hybridized carbons (Fsp3) is 0.250. The van der Waals surface area contributed by atoms with E-state index in [1.54, 1.807) is 72.8 Å². The molecule has 3 fully saturated rings. The molecule has 3 aromatic carbocycles. The third-order valence-corrected chi connectivity index (χ3v) is 10.0. The molecule has 0 radical (unpaired) electrons. The van der Waals surface area contributed by atoms with Crippen LogP contribution in [-0.4, -0.2) is 42.3 Å². The molecule has 2 saturated carbocycles. The van der Waals surface area contributed by atoms with Gasteiger partial charge in [0.05, 0.1) is 41.4 Å². The molecule has 1 aliphatic heterocycles. The van der Waals surface area contributed by atoms with Gasteiger partial charge in [-0.25, -0.2) is 9.78 Å². The second-order valence-corrected chi connectivity index (χ2v) is 12.6. The molecule has 6 unspecified atom stereocenters. The number of carbonyl (C=O) groups excluding carboxylic acids is 4. The van der Waals surface area contributed by atoms with Crippen molar-refractivity contribution in [2.45, 2.75) is 6.42 Å². The number of benzene rings is 3. The highest BCUT2D eigenvalue weighted by atomic mass is 35.5. The largest absolute Gasteiger partial charge is 0.497 e. The van der Waals surface area contributed by atoms with E-state index in [4.69, 9.17) is 26.1 Å². The zero-order chi connectivity index (χ0) is 31.0. The van der Waals surface area contributed by atoms with Crippen molar-refractivity contribution in [1.82, 2.24) is 4.98 Å². The van der Waals surface area contributed by atoms with Gasteiger partial charge in [0.15, 0.2) is 12.4 Å². The van der Waals surface area contributed by atoms with Crippen molar-refractivity contribution in [2.24, 2.45) is 35.5 Å². The number of anilines is 1. The highest BCUT2D eigenvalue weighted by molar-refractivity contribution is 6.31. The predicted octanol–water partition coefficient (Wildman–Crippen LogP) is 6.16. The van der Waals surface area contributed by atoms with Crippen molar-refractivity contribution in [2.75, 3.05) is 18.6 Å². The van der Waals surface area contributed by atoms with E-state index in [0.717, 1.165) is 6.42 Å². The molecule has 4 aromatic rings. The highest BCUT2D eigenvalue weighted by Crippen LogP contribution is 2.65. The van der Waals surface area contributed by atoms with Crippen LogP contribution in [0.25, 0.3) is 22.2 Å². The molecule has 9 rings (SSSR count). The Labute approximate surface area is 263 Å². The van der Waals surface area contributed by atoms with Gasteiger partial charge in [-0.2, -0.15) is 0 Å². The molecule has 1 aromatic heterocycles. The van der Waals surface area contributed by atoms with Gasteiger partial charge in [-0.3, -0.25) is 19.3 Å². The molecule has 2 amide bonds.